The van der Waals surface area contributed by atoms with Crippen molar-refractivity contribution in [3.63, 3.8) is 0 Å². The number of carboxylic acids is 1. The molecule has 5 rings (SSSR count). The summed E-state index contributed by atoms with van der Waals surface area (Å²) in [6, 6.07) is 11.2. The number of nitrogens with zero attached hydrogens (tertiary/aromatic N) is 1. The quantitative estimate of drug-likeness (QED) is 0.212. The van der Waals surface area contributed by atoms with Crippen LogP contribution in [0, 0.1) is 12.3 Å². The number of aryl methyl sites for hydroxylation is 2. The maximum absolute atomic E-state index is 13.7. The van der Waals surface area contributed by atoms with Crippen molar-refractivity contribution in [2.45, 2.75) is 53.6 Å². The molecular formula is C31H30ClN3O6. The van der Waals surface area contributed by atoms with Crippen molar-refractivity contribution < 1.29 is 19.1 Å². The summed E-state index contributed by atoms with van der Waals surface area (Å²) in [5.41, 5.74) is 0.357. The summed E-state index contributed by atoms with van der Waals surface area (Å²) in [6.07, 6.45) is 0.715. The van der Waals surface area contributed by atoms with Crippen LogP contribution in [0.3, 0.4) is 0 Å². The minimum atomic E-state index is -1.16. The number of benzene rings is 2. The lowest BCUT2D eigenvalue weighted by molar-refractivity contribution is 0.0697. The Bertz CT molecular complexity index is 1770. The van der Waals surface area contributed by atoms with Gasteiger partial charge in [0, 0.05) is 17.0 Å². The summed E-state index contributed by atoms with van der Waals surface area (Å²) in [6.45, 7) is 9.82. The molecular weight excluding hydrogens is 546 g/mol. The smallest absolute Gasteiger partial charge is 0.337 e. The van der Waals surface area contributed by atoms with E-state index in [0.717, 1.165) is 11.3 Å². The topological polar surface area (TPSA) is 129 Å². The summed E-state index contributed by atoms with van der Waals surface area (Å²) in [4.78, 5) is 52.5. The number of nitrogens with one attached hydrogen (secondary N) is 2. The number of furan rings is 1. The van der Waals surface area contributed by atoms with Crippen molar-refractivity contribution >= 4 is 46.2 Å². The molecule has 9 nitrogen and oxygen atoms in total. The van der Waals surface area contributed by atoms with Crippen molar-refractivity contribution in [2.24, 2.45) is 5.41 Å². The number of aromatic carboxylic acids is 1. The fourth-order valence-electron chi connectivity index (χ4n) is 5.11. The zero-order valence-electron chi connectivity index (χ0n) is 23.3. The van der Waals surface area contributed by atoms with Gasteiger partial charge in [-0.05, 0) is 54.3 Å². The number of carbonyl (C=O) groups excluding carboxylic acids is 1. The average Bonchev–Trinajstić information content (AvgIpc) is 3.53. The molecule has 0 spiro atoms. The van der Waals surface area contributed by atoms with Crippen LogP contribution in [-0.4, -0.2) is 17.0 Å². The second-order valence-corrected chi connectivity index (χ2v) is 11.7. The van der Waals surface area contributed by atoms with E-state index in [1.54, 1.807) is 31.2 Å². The molecule has 212 valence electrons. The van der Waals surface area contributed by atoms with Gasteiger partial charge in [0.05, 0.1) is 35.1 Å². The van der Waals surface area contributed by atoms with E-state index in [1.807, 2.05) is 39.8 Å². The molecule has 1 atom stereocenters. The molecule has 4 aromatic rings. The van der Waals surface area contributed by atoms with E-state index in [2.05, 4.69) is 10.6 Å². The molecule has 1 aliphatic heterocycles. The maximum Gasteiger partial charge on any atom is 0.337 e. The highest BCUT2D eigenvalue weighted by Gasteiger charge is 2.37. The number of halogens is 1. The van der Waals surface area contributed by atoms with Crippen LogP contribution in [0.15, 0.2) is 56.5 Å². The SMILES string of the molecule is CCc1ccc([C@H](Nc2c(Nc3ccc(Cl)c4c3C(=O)N(c3cc(C)ccc3C(=O)O)C4)c(=O)c2=O)C(C)(C)C)o1. The largest absolute Gasteiger partial charge is 0.478 e. The predicted octanol–water partition coefficient (Wildman–Crippen LogP) is 6.20. The lowest BCUT2D eigenvalue weighted by atomic mass is 9.85. The van der Waals surface area contributed by atoms with E-state index in [9.17, 15) is 24.3 Å². The van der Waals surface area contributed by atoms with Crippen molar-refractivity contribution in [1.82, 2.24) is 0 Å². The van der Waals surface area contributed by atoms with E-state index in [0.29, 0.717) is 22.8 Å². The van der Waals surface area contributed by atoms with Crippen LogP contribution in [0.1, 0.15) is 77.1 Å². The highest BCUT2D eigenvalue weighted by Crippen LogP contribution is 2.41. The Balaban J connectivity index is 1.51. The van der Waals surface area contributed by atoms with Gasteiger partial charge in [0.15, 0.2) is 0 Å². The lowest BCUT2D eigenvalue weighted by Crippen LogP contribution is -2.39. The number of rotatable bonds is 8. The van der Waals surface area contributed by atoms with Gasteiger partial charge in [-0.15, -0.1) is 0 Å². The second-order valence-electron chi connectivity index (χ2n) is 11.3. The molecule has 0 unspecified atom stereocenters. The van der Waals surface area contributed by atoms with Gasteiger partial charge in [-0.3, -0.25) is 14.4 Å². The molecule has 1 aromatic heterocycles. The molecule has 3 N–H and O–H groups in total. The normalized spacial score (nSPS) is 13.9. The Morgan fingerprint density at radius 1 is 1.07 bits per heavy atom. The van der Waals surface area contributed by atoms with Crippen molar-refractivity contribution in [1.29, 1.82) is 0 Å². The number of carboxylic acid groups (broad SMARTS) is 1. The third kappa shape index (κ3) is 4.91. The Morgan fingerprint density at radius 3 is 2.41 bits per heavy atom. The molecule has 1 amide bonds. The Kier molecular flexibility index (Phi) is 7.03. The maximum atomic E-state index is 13.7. The first-order valence-corrected chi connectivity index (χ1v) is 13.6. The highest BCUT2D eigenvalue weighted by molar-refractivity contribution is 6.33. The van der Waals surface area contributed by atoms with Gasteiger partial charge >= 0.3 is 5.97 Å². The minimum Gasteiger partial charge on any atom is -0.478 e. The van der Waals surface area contributed by atoms with Crippen LogP contribution in [0.2, 0.25) is 5.02 Å². The van der Waals surface area contributed by atoms with E-state index in [-0.39, 0.29) is 45.8 Å². The van der Waals surface area contributed by atoms with E-state index >= 15 is 0 Å². The Hall–Kier alpha value is -4.37. The fourth-order valence-corrected chi connectivity index (χ4v) is 5.33. The Labute approximate surface area is 241 Å². The summed E-state index contributed by atoms with van der Waals surface area (Å²) in [5.74, 6) is -0.192. The van der Waals surface area contributed by atoms with Crippen molar-refractivity contribution in [3.05, 3.63) is 102 Å². The van der Waals surface area contributed by atoms with Gasteiger partial charge in [-0.25, -0.2) is 4.79 Å². The number of carbonyl (C=O) groups is 2. The standard InChI is InChI=1S/C31H30ClN3O6/c1-6-16-8-12-22(41-16)28(31(3,4)5)34-25-24(26(36)27(25)37)33-20-11-10-19(32)18-14-35(29(38)23(18)20)21-13-15(2)7-9-17(21)30(39)40/h7-13,28,33-34H,6,14H2,1-5H3,(H,39,40)/t28-/m0/s1. The number of amides is 1. The first-order chi connectivity index (χ1) is 19.3. The van der Waals surface area contributed by atoms with Gasteiger partial charge in [-0.1, -0.05) is 45.4 Å². The highest BCUT2D eigenvalue weighted by atomic mass is 35.5. The number of fused-ring (bicyclic) bond motifs is 1. The lowest BCUT2D eigenvalue weighted by Gasteiger charge is -2.31. The second kappa shape index (κ2) is 10.2. The first kappa shape index (κ1) is 28.2. The Morgan fingerprint density at radius 2 is 1.78 bits per heavy atom. The first-order valence-electron chi connectivity index (χ1n) is 13.2. The predicted molar refractivity (Wildman–Crippen MR) is 159 cm³/mol. The van der Waals surface area contributed by atoms with Crippen LogP contribution in [0.4, 0.5) is 22.7 Å². The van der Waals surface area contributed by atoms with E-state index < -0.39 is 28.8 Å². The summed E-state index contributed by atoms with van der Waals surface area (Å²) in [5, 5.41) is 16.3. The van der Waals surface area contributed by atoms with Crippen LogP contribution < -0.4 is 26.4 Å². The molecule has 1 aliphatic rings. The minimum absolute atomic E-state index is 0.0197. The monoisotopic (exact) mass is 575 g/mol. The van der Waals surface area contributed by atoms with Gasteiger partial charge in [-0.2, -0.15) is 0 Å². The van der Waals surface area contributed by atoms with Crippen LogP contribution in [0.5, 0.6) is 0 Å². The molecule has 0 bridgehead atoms. The molecule has 0 aliphatic carbocycles. The molecule has 0 saturated carbocycles. The molecule has 2 heterocycles. The van der Waals surface area contributed by atoms with Crippen molar-refractivity contribution in [2.75, 3.05) is 15.5 Å². The molecule has 0 radical (unpaired) electrons. The fraction of sp³-hybridized carbons (Fsp3) is 0.290. The number of hydrogen-bond donors (Lipinski definition) is 3. The molecule has 3 aromatic carbocycles. The zero-order chi connectivity index (χ0) is 29.8. The zero-order valence-corrected chi connectivity index (χ0v) is 24.1. The molecule has 0 saturated heterocycles. The summed E-state index contributed by atoms with van der Waals surface area (Å²) in [7, 11) is 0. The van der Waals surface area contributed by atoms with E-state index in [4.69, 9.17) is 16.0 Å². The van der Waals surface area contributed by atoms with Gasteiger partial charge < -0.3 is 25.1 Å². The summed E-state index contributed by atoms with van der Waals surface area (Å²) >= 11 is 6.48. The van der Waals surface area contributed by atoms with Crippen LogP contribution in [0.25, 0.3) is 0 Å². The molecule has 10 heteroatoms. The van der Waals surface area contributed by atoms with Gasteiger partial charge in [0.25, 0.3) is 16.8 Å². The van der Waals surface area contributed by atoms with Gasteiger partial charge in [0.1, 0.15) is 22.9 Å². The summed E-state index contributed by atoms with van der Waals surface area (Å²) < 4.78 is 5.97. The number of hydrogen-bond acceptors (Lipinski definition) is 7. The average molecular weight is 576 g/mol. The van der Waals surface area contributed by atoms with Crippen LogP contribution in [-0.2, 0) is 13.0 Å². The van der Waals surface area contributed by atoms with Crippen LogP contribution >= 0.6 is 11.6 Å². The molecule has 41 heavy (non-hydrogen) atoms. The van der Waals surface area contributed by atoms with Crippen molar-refractivity contribution in [3.8, 4) is 0 Å². The van der Waals surface area contributed by atoms with E-state index in [1.165, 1.54) is 11.0 Å². The molecule has 0 fully saturated rings. The number of anilines is 4. The third-order valence-electron chi connectivity index (χ3n) is 7.35. The third-order valence-corrected chi connectivity index (χ3v) is 7.70. The van der Waals surface area contributed by atoms with Gasteiger partial charge in [0.2, 0.25) is 0 Å².